The standard InChI is InChI=1S/C14H22N6/c1-2-5-11-6-3-4-8-20(11)14-13-16-7-9-19(13)10-12(17-14)18-15/h7,9-11,18H,2-6,8,15H2,1H3. The fraction of sp³-hybridized carbons (Fsp3) is 0.571. The van der Waals surface area contributed by atoms with Crippen molar-refractivity contribution in [2.45, 2.75) is 45.1 Å². The van der Waals surface area contributed by atoms with Crippen LogP contribution in [0.3, 0.4) is 0 Å². The molecule has 0 radical (unpaired) electrons. The lowest BCUT2D eigenvalue weighted by Crippen LogP contribution is -2.40. The molecule has 108 valence electrons. The number of fused-ring (bicyclic) bond motifs is 1. The molecule has 3 rings (SSSR count). The van der Waals surface area contributed by atoms with E-state index in [1.165, 1.54) is 32.1 Å². The second-order valence-electron chi connectivity index (χ2n) is 5.38. The zero-order chi connectivity index (χ0) is 13.9. The van der Waals surface area contributed by atoms with Gasteiger partial charge in [0.25, 0.3) is 0 Å². The highest BCUT2D eigenvalue weighted by Crippen LogP contribution is 2.29. The quantitative estimate of drug-likeness (QED) is 0.660. The molecule has 0 aliphatic carbocycles. The largest absolute Gasteiger partial charge is 0.350 e. The van der Waals surface area contributed by atoms with Crippen LogP contribution in [-0.4, -0.2) is 27.0 Å². The van der Waals surface area contributed by atoms with Crippen molar-refractivity contribution < 1.29 is 0 Å². The van der Waals surface area contributed by atoms with Gasteiger partial charge in [0.15, 0.2) is 17.3 Å². The van der Waals surface area contributed by atoms with Crippen molar-refractivity contribution in [2.24, 2.45) is 5.84 Å². The number of nitrogen functional groups attached to an aromatic ring is 1. The first-order valence-electron chi connectivity index (χ1n) is 7.40. The summed E-state index contributed by atoms with van der Waals surface area (Å²) in [6.07, 6.45) is 11.8. The van der Waals surface area contributed by atoms with Crippen molar-refractivity contribution in [1.82, 2.24) is 14.4 Å². The maximum Gasteiger partial charge on any atom is 0.180 e. The summed E-state index contributed by atoms with van der Waals surface area (Å²) in [6.45, 7) is 3.29. The molecule has 1 unspecified atom stereocenters. The van der Waals surface area contributed by atoms with Crippen molar-refractivity contribution in [3.8, 4) is 0 Å². The molecule has 1 aliphatic heterocycles. The molecule has 1 aliphatic rings. The Morgan fingerprint density at radius 2 is 2.35 bits per heavy atom. The third-order valence-electron chi connectivity index (χ3n) is 4.03. The number of rotatable bonds is 4. The molecule has 0 spiro atoms. The van der Waals surface area contributed by atoms with Crippen LogP contribution in [0.5, 0.6) is 0 Å². The van der Waals surface area contributed by atoms with Crippen molar-refractivity contribution in [2.75, 3.05) is 16.9 Å². The van der Waals surface area contributed by atoms with Crippen LogP contribution in [0.25, 0.3) is 5.65 Å². The molecule has 6 heteroatoms. The Hall–Kier alpha value is -1.82. The molecule has 1 fully saturated rings. The van der Waals surface area contributed by atoms with Crippen molar-refractivity contribution in [3.63, 3.8) is 0 Å². The number of hydrazine groups is 1. The first-order valence-corrected chi connectivity index (χ1v) is 7.40. The molecule has 2 aromatic heterocycles. The van der Waals surface area contributed by atoms with Gasteiger partial charge in [0, 0.05) is 25.0 Å². The monoisotopic (exact) mass is 274 g/mol. The molecule has 3 heterocycles. The van der Waals surface area contributed by atoms with Crippen LogP contribution in [0.1, 0.15) is 39.0 Å². The maximum absolute atomic E-state index is 5.54. The van der Waals surface area contributed by atoms with Gasteiger partial charge in [-0.25, -0.2) is 15.8 Å². The second kappa shape index (κ2) is 5.66. The average molecular weight is 274 g/mol. The Balaban J connectivity index is 2.04. The molecule has 1 saturated heterocycles. The minimum absolute atomic E-state index is 0.565. The summed E-state index contributed by atoms with van der Waals surface area (Å²) in [4.78, 5) is 11.5. The first-order chi connectivity index (χ1) is 9.83. The van der Waals surface area contributed by atoms with E-state index in [1.807, 2.05) is 16.8 Å². The Bertz CT molecular complexity index is 576. The van der Waals surface area contributed by atoms with E-state index < -0.39 is 0 Å². The third kappa shape index (κ3) is 2.31. The van der Waals surface area contributed by atoms with Gasteiger partial charge in [-0.05, 0) is 25.7 Å². The van der Waals surface area contributed by atoms with Crippen LogP contribution < -0.4 is 16.2 Å². The minimum Gasteiger partial charge on any atom is -0.350 e. The molecular formula is C14H22N6. The molecule has 0 bridgehead atoms. The molecule has 6 nitrogen and oxygen atoms in total. The summed E-state index contributed by atoms with van der Waals surface area (Å²) in [5.41, 5.74) is 3.56. The van der Waals surface area contributed by atoms with Crippen LogP contribution in [0.2, 0.25) is 0 Å². The van der Waals surface area contributed by atoms with E-state index in [4.69, 9.17) is 5.84 Å². The summed E-state index contributed by atoms with van der Waals surface area (Å²) in [7, 11) is 0. The average Bonchev–Trinajstić information content (AvgIpc) is 2.95. The smallest absolute Gasteiger partial charge is 0.180 e. The maximum atomic E-state index is 5.54. The predicted octanol–water partition coefficient (Wildman–Crippen LogP) is 2.17. The van der Waals surface area contributed by atoms with Crippen LogP contribution >= 0.6 is 0 Å². The number of hydrogen-bond acceptors (Lipinski definition) is 5. The number of nitrogens with one attached hydrogen (secondary N) is 1. The van der Waals surface area contributed by atoms with E-state index in [0.29, 0.717) is 11.9 Å². The molecule has 2 aromatic rings. The number of anilines is 2. The molecule has 0 amide bonds. The lowest BCUT2D eigenvalue weighted by molar-refractivity contribution is 0.432. The topological polar surface area (TPSA) is 71.5 Å². The first kappa shape index (κ1) is 13.2. The van der Waals surface area contributed by atoms with E-state index in [-0.39, 0.29) is 0 Å². The third-order valence-corrected chi connectivity index (χ3v) is 4.03. The van der Waals surface area contributed by atoms with Crippen molar-refractivity contribution in [3.05, 3.63) is 18.6 Å². The SMILES string of the molecule is CCCC1CCCCN1c1nc(NN)cn2ccnc12. The fourth-order valence-electron chi connectivity index (χ4n) is 3.09. The predicted molar refractivity (Wildman–Crippen MR) is 80.7 cm³/mol. The summed E-state index contributed by atoms with van der Waals surface area (Å²) in [6, 6.07) is 0.565. The number of aromatic nitrogens is 3. The Morgan fingerprint density at radius 3 is 3.15 bits per heavy atom. The summed E-state index contributed by atoms with van der Waals surface area (Å²) >= 11 is 0. The van der Waals surface area contributed by atoms with Gasteiger partial charge < -0.3 is 14.7 Å². The minimum atomic E-state index is 0.565. The number of nitrogens with two attached hydrogens (primary N) is 1. The highest BCUT2D eigenvalue weighted by Gasteiger charge is 2.25. The van der Waals surface area contributed by atoms with Crippen LogP contribution in [0.15, 0.2) is 18.6 Å². The Kier molecular flexibility index (Phi) is 3.73. The number of nitrogens with zero attached hydrogens (tertiary/aromatic N) is 4. The Labute approximate surface area is 119 Å². The number of piperidine rings is 1. The van der Waals surface area contributed by atoms with Crippen LogP contribution in [0, 0.1) is 0 Å². The highest BCUT2D eigenvalue weighted by molar-refractivity contribution is 5.67. The normalized spacial score (nSPS) is 19.5. The van der Waals surface area contributed by atoms with Gasteiger partial charge >= 0.3 is 0 Å². The fourth-order valence-corrected chi connectivity index (χ4v) is 3.09. The molecule has 3 N–H and O–H groups in total. The van der Waals surface area contributed by atoms with Crippen LogP contribution in [0.4, 0.5) is 11.6 Å². The molecule has 20 heavy (non-hydrogen) atoms. The summed E-state index contributed by atoms with van der Waals surface area (Å²) in [5, 5.41) is 0. The zero-order valence-electron chi connectivity index (χ0n) is 11.9. The van der Waals surface area contributed by atoms with E-state index in [1.54, 1.807) is 6.20 Å². The van der Waals surface area contributed by atoms with Gasteiger partial charge in [-0.1, -0.05) is 13.3 Å². The number of hydrogen-bond donors (Lipinski definition) is 2. The number of imidazole rings is 1. The molecule has 0 aromatic carbocycles. The highest BCUT2D eigenvalue weighted by atomic mass is 15.3. The van der Waals surface area contributed by atoms with Gasteiger partial charge in [-0.2, -0.15) is 0 Å². The van der Waals surface area contributed by atoms with Gasteiger partial charge in [0.2, 0.25) is 0 Å². The van der Waals surface area contributed by atoms with E-state index in [9.17, 15) is 0 Å². The van der Waals surface area contributed by atoms with E-state index in [0.717, 1.165) is 18.0 Å². The Morgan fingerprint density at radius 1 is 1.45 bits per heavy atom. The summed E-state index contributed by atoms with van der Waals surface area (Å²) in [5.74, 6) is 7.16. The molecule has 1 atom stereocenters. The zero-order valence-corrected chi connectivity index (χ0v) is 11.9. The van der Waals surface area contributed by atoms with Gasteiger partial charge in [0.1, 0.15) is 0 Å². The lowest BCUT2D eigenvalue weighted by Gasteiger charge is -2.36. The molecular weight excluding hydrogens is 252 g/mol. The van der Waals surface area contributed by atoms with Crippen molar-refractivity contribution in [1.29, 1.82) is 0 Å². The second-order valence-corrected chi connectivity index (χ2v) is 5.38. The lowest BCUT2D eigenvalue weighted by atomic mass is 9.98. The van der Waals surface area contributed by atoms with Gasteiger partial charge in [0.05, 0.1) is 6.20 Å². The van der Waals surface area contributed by atoms with Crippen molar-refractivity contribution >= 4 is 17.3 Å². The van der Waals surface area contributed by atoms with E-state index in [2.05, 4.69) is 27.2 Å². The molecule has 0 saturated carbocycles. The van der Waals surface area contributed by atoms with Gasteiger partial charge in [-0.15, -0.1) is 0 Å². The van der Waals surface area contributed by atoms with Crippen LogP contribution in [-0.2, 0) is 0 Å². The summed E-state index contributed by atoms with van der Waals surface area (Å²) < 4.78 is 1.98. The van der Waals surface area contributed by atoms with Gasteiger partial charge in [-0.3, -0.25) is 0 Å². The van der Waals surface area contributed by atoms with E-state index >= 15 is 0 Å².